The van der Waals surface area contributed by atoms with Gasteiger partial charge in [-0.1, -0.05) is 43.7 Å². The van der Waals surface area contributed by atoms with Crippen LogP contribution in [-0.4, -0.2) is 41.9 Å². The number of ether oxygens (including phenoxy) is 1. The number of methoxy groups -OCH3 is 1. The Morgan fingerprint density at radius 2 is 1.77 bits per heavy atom. The van der Waals surface area contributed by atoms with E-state index in [1.807, 2.05) is 58.9 Å². The maximum Gasteiger partial charge on any atom is 0.254 e. The number of carbonyl (C=O) groups excluding carboxylic acids is 1. The minimum atomic E-state index is -3.69. The Kier molecular flexibility index (Phi) is 8.38. The number of imidazole rings is 1. The molecule has 1 aromatic heterocycles. The molecule has 188 valence electrons. The molecule has 0 unspecified atom stereocenters. The molecule has 2 aromatic carbocycles. The molecule has 3 aromatic rings. The van der Waals surface area contributed by atoms with Gasteiger partial charge in [-0.2, -0.15) is 0 Å². The fourth-order valence-electron chi connectivity index (χ4n) is 3.98. The van der Waals surface area contributed by atoms with Gasteiger partial charge in [-0.3, -0.25) is 4.79 Å². The number of rotatable bonds is 10. The first-order valence-electron chi connectivity index (χ1n) is 11.8. The van der Waals surface area contributed by atoms with Crippen LogP contribution in [0, 0.1) is 12.8 Å². The van der Waals surface area contributed by atoms with Gasteiger partial charge < -0.3 is 14.2 Å². The molecule has 3 rings (SSSR count). The fourth-order valence-corrected chi connectivity index (χ4v) is 5.46. The van der Waals surface area contributed by atoms with E-state index < -0.39 is 9.84 Å². The van der Waals surface area contributed by atoms with Crippen molar-refractivity contribution in [3.63, 3.8) is 0 Å². The predicted octanol–water partition coefficient (Wildman–Crippen LogP) is 4.88. The van der Waals surface area contributed by atoms with E-state index in [0.717, 1.165) is 11.1 Å². The van der Waals surface area contributed by atoms with Gasteiger partial charge in [-0.05, 0) is 56.5 Å². The van der Waals surface area contributed by atoms with Crippen molar-refractivity contribution < 1.29 is 17.9 Å². The number of aromatic nitrogens is 2. The molecule has 0 N–H and O–H groups in total. The molecule has 0 aliphatic rings. The summed E-state index contributed by atoms with van der Waals surface area (Å²) in [6.45, 7) is 10.6. The number of hydrogen-bond acceptors (Lipinski definition) is 5. The van der Waals surface area contributed by atoms with Crippen LogP contribution in [-0.2, 0) is 28.7 Å². The topological polar surface area (TPSA) is 81.5 Å². The average Bonchev–Trinajstić information content (AvgIpc) is 3.19. The lowest BCUT2D eigenvalue weighted by Crippen LogP contribution is -2.37. The largest absolute Gasteiger partial charge is 0.497 e. The summed E-state index contributed by atoms with van der Waals surface area (Å²) in [6.07, 6.45) is 1.59. The van der Waals surface area contributed by atoms with Gasteiger partial charge in [0.1, 0.15) is 5.75 Å². The molecule has 0 radical (unpaired) electrons. The van der Waals surface area contributed by atoms with E-state index >= 15 is 0 Å². The summed E-state index contributed by atoms with van der Waals surface area (Å²) in [5, 5.41) is 0.0447. The predicted molar refractivity (Wildman–Crippen MR) is 137 cm³/mol. The zero-order chi connectivity index (χ0) is 25.8. The number of nitrogens with zero attached hydrogens (tertiary/aromatic N) is 3. The molecular weight excluding hydrogens is 462 g/mol. The summed E-state index contributed by atoms with van der Waals surface area (Å²) in [7, 11) is -2.11. The fraction of sp³-hybridized carbons (Fsp3) is 0.407. The van der Waals surface area contributed by atoms with E-state index in [0.29, 0.717) is 23.6 Å². The molecule has 0 saturated carbocycles. The Hall–Kier alpha value is -3.13. The molecular formula is C27H35N3O4S. The molecule has 0 aliphatic carbocycles. The third kappa shape index (κ3) is 6.51. The molecule has 0 aliphatic heterocycles. The number of amides is 1. The second kappa shape index (κ2) is 11.1. The van der Waals surface area contributed by atoms with Crippen molar-refractivity contribution in [2.45, 2.75) is 64.7 Å². The van der Waals surface area contributed by atoms with Gasteiger partial charge in [-0.25, -0.2) is 13.4 Å². The van der Waals surface area contributed by atoms with Crippen LogP contribution in [0.15, 0.2) is 59.9 Å². The molecule has 7 nitrogen and oxygen atoms in total. The molecule has 0 atom stereocenters. The Bertz CT molecular complexity index is 1260. The van der Waals surface area contributed by atoms with Crippen LogP contribution >= 0.6 is 0 Å². The highest BCUT2D eigenvalue weighted by molar-refractivity contribution is 7.90. The van der Waals surface area contributed by atoms with Crippen molar-refractivity contribution in [2.24, 2.45) is 5.92 Å². The van der Waals surface area contributed by atoms with Crippen LogP contribution < -0.4 is 4.74 Å². The Labute approximate surface area is 208 Å². The van der Waals surface area contributed by atoms with E-state index in [9.17, 15) is 13.2 Å². The van der Waals surface area contributed by atoms with Crippen molar-refractivity contribution in [1.82, 2.24) is 14.5 Å². The Balaban J connectivity index is 1.95. The first-order valence-corrected chi connectivity index (χ1v) is 13.4. The van der Waals surface area contributed by atoms with Crippen LogP contribution in [0.1, 0.15) is 54.9 Å². The van der Waals surface area contributed by atoms with E-state index in [1.54, 1.807) is 47.0 Å². The maximum absolute atomic E-state index is 13.4. The lowest BCUT2D eigenvalue weighted by Gasteiger charge is -2.28. The van der Waals surface area contributed by atoms with Crippen molar-refractivity contribution in [3.8, 4) is 5.75 Å². The normalized spacial score (nSPS) is 11.8. The second-order valence-corrected chi connectivity index (χ2v) is 11.4. The molecule has 0 saturated heterocycles. The minimum absolute atomic E-state index is 0.0447. The van der Waals surface area contributed by atoms with Gasteiger partial charge in [-0.15, -0.1) is 0 Å². The second-order valence-electron chi connectivity index (χ2n) is 9.54. The summed E-state index contributed by atoms with van der Waals surface area (Å²) in [5.41, 5.74) is 2.97. The number of benzene rings is 2. The van der Waals surface area contributed by atoms with Crippen LogP contribution in [0.5, 0.6) is 5.75 Å². The average molecular weight is 498 g/mol. The Morgan fingerprint density at radius 1 is 1.09 bits per heavy atom. The van der Waals surface area contributed by atoms with Crippen LogP contribution in [0.2, 0.25) is 0 Å². The maximum atomic E-state index is 13.4. The molecule has 0 bridgehead atoms. The highest BCUT2D eigenvalue weighted by atomic mass is 32.2. The summed E-state index contributed by atoms with van der Waals surface area (Å²) in [5.74, 6) is 0.614. The monoisotopic (exact) mass is 497 g/mol. The molecule has 0 fully saturated rings. The first-order chi connectivity index (χ1) is 16.5. The SMILES string of the molecule is COc1ccc(C(=O)N(Cc2cnc(S(=O)(=O)Cc3cccc(C)c3)n2CC(C)C)C(C)C)cc1. The molecule has 8 heteroatoms. The smallest absolute Gasteiger partial charge is 0.254 e. The Morgan fingerprint density at radius 3 is 2.34 bits per heavy atom. The summed E-state index contributed by atoms with van der Waals surface area (Å²) >= 11 is 0. The number of sulfone groups is 1. The van der Waals surface area contributed by atoms with E-state index in [2.05, 4.69) is 4.98 Å². The summed E-state index contributed by atoms with van der Waals surface area (Å²) in [4.78, 5) is 19.4. The standard InChI is InChI=1S/C27H35N3O4S/c1-19(2)16-30-24(15-28-27(30)35(32,33)18-22-9-7-8-21(5)14-22)17-29(20(3)4)26(31)23-10-12-25(34-6)13-11-23/h7-15,19-20H,16-18H2,1-6H3. The van der Waals surface area contributed by atoms with Gasteiger partial charge in [0.2, 0.25) is 15.0 Å². The van der Waals surface area contributed by atoms with Gasteiger partial charge in [0.05, 0.1) is 31.3 Å². The van der Waals surface area contributed by atoms with Crippen LogP contribution in [0.25, 0.3) is 0 Å². The molecule has 1 heterocycles. The van der Waals surface area contributed by atoms with E-state index in [-0.39, 0.29) is 35.3 Å². The zero-order valence-electron chi connectivity index (χ0n) is 21.4. The number of carbonyl (C=O) groups is 1. The van der Waals surface area contributed by atoms with Crippen molar-refractivity contribution in [1.29, 1.82) is 0 Å². The lowest BCUT2D eigenvalue weighted by atomic mass is 10.1. The molecule has 35 heavy (non-hydrogen) atoms. The number of aryl methyl sites for hydroxylation is 1. The van der Waals surface area contributed by atoms with E-state index in [4.69, 9.17) is 4.74 Å². The van der Waals surface area contributed by atoms with Gasteiger partial charge in [0.25, 0.3) is 5.91 Å². The first kappa shape index (κ1) is 26.5. The number of hydrogen-bond donors (Lipinski definition) is 0. The zero-order valence-corrected chi connectivity index (χ0v) is 22.2. The van der Waals surface area contributed by atoms with Crippen molar-refractivity contribution in [2.75, 3.05) is 7.11 Å². The van der Waals surface area contributed by atoms with Crippen LogP contribution in [0.4, 0.5) is 0 Å². The van der Waals surface area contributed by atoms with Gasteiger partial charge >= 0.3 is 0 Å². The van der Waals surface area contributed by atoms with Gasteiger partial charge in [0, 0.05) is 18.2 Å². The summed E-state index contributed by atoms with van der Waals surface area (Å²) in [6, 6.07) is 14.4. The third-order valence-corrected chi connectivity index (χ3v) is 7.32. The highest BCUT2D eigenvalue weighted by Crippen LogP contribution is 2.22. The van der Waals surface area contributed by atoms with Crippen molar-refractivity contribution in [3.05, 3.63) is 77.1 Å². The lowest BCUT2D eigenvalue weighted by molar-refractivity contribution is 0.0685. The highest BCUT2D eigenvalue weighted by Gasteiger charge is 2.27. The summed E-state index contributed by atoms with van der Waals surface area (Å²) < 4.78 is 33.7. The minimum Gasteiger partial charge on any atom is -0.497 e. The van der Waals surface area contributed by atoms with Crippen LogP contribution in [0.3, 0.4) is 0 Å². The van der Waals surface area contributed by atoms with E-state index in [1.165, 1.54) is 0 Å². The third-order valence-electron chi connectivity index (χ3n) is 5.72. The van der Waals surface area contributed by atoms with Crippen molar-refractivity contribution >= 4 is 15.7 Å². The molecule has 0 spiro atoms. The molecule has 1 amide bonds. The van der Waals surface area contributed by atoms with Gasteiger partial charge in [0.15, 0.2) is 0 Å². The quantitative estimate of drug-likeness (QED) is 0.399.